The Hall–Kier alpha value is -2.41. The van der Waals surface area contributed by atoms with Crippen molar-refractivity contribution in [3.05, 3.63) is 29.6 Å². The molecule has 3 N–H and O–H groups in total. The summed E-state index contributed by atoms with van der Waals surface area (Å²) in [5.41, 5.74) is 4.97. The first-order valence-electron chi connectivity index (χ1n) is 10.6. The molecule has 1 saturated heterocycles. The van der Waals surface area contributed by atoms with E-state index in [1.165, 1.54) is 5.56 Å². The molecular weight excluding hydrogens is 368 g/mol. The number of aryl methyl sites for hydroxylation is 1. The Kier molecular flexibility index (Phi) is 5.34. The minimum atomic E-state index is -0.504. The number of hydrogen-bond donors (Lipinski definition) is 3. The number of carbonyl (C=O) groups excluding carboxylic acids is 2. The topological polar surface area (TPSA) is 98.3 Å². The van der Waals surface area contributed by atoms with Crippen LogP contribution < -0.4 is 5.48 Å². The van der Waals surface area contributed by atoms with Crippen molar-refractivity contribution in [3.8, 4) is 0 Å². The number of hydrogen-bond acceptors (Lipinski definition) is 4. The van der Waals surface area contributed by atoms with Crippen LogP contribution in [0.2, 0.25) is 0 Å². The molecule has 29 heavy (non-hydrogen) atoms. The highest BCUT2D eigenvalue weighted by Gasteiger charge is 2.54. The number of aromatic amines is 1. The Morgan fingerprint density at radius 2 is 2.21 bits per heavy atom. The molecule has 1 spiro atoms. The van der Waals surface area contributed by atoms with Gasteiger partial charge in [-0.3, -0.25) is 14.8 Å². The van der Waals surface area contributed by atoms with Crippen LogP contribution in [-0.2, 0) is 9.59 Å². The van der Waals surface area contributed by atoms with E-state index in [0.717, 1.165) is 55.5 Å². The second kappa shape index (κ2) is 7.78. The zero-order chi connectivity index (χ0) is 20.6. The number of hydroxylamine groups is 1. The summed E-state index contributed by atoms with van der Waals surface area (Å²) in [4.78, 5) is 35.5. The molecule has 0 bridgehead atoms. The van der Waals surface area contributed by atoms with E-state index in [-0.39, 0.29) is 23.8 Å². The number of unbranched alkanes of at least 4 members (excludes halogenated alkanes) is 1. The lowest BCUT2D eigenvalue weighted by atomic mass is 9.96. The molecule has 2 amide bonds. The Bertz CT molecular complexity index is 918. The third-order valence-corrected chi connectivity index (χ3v) is 6.53. The third-order valence-electron chi connectivity index (χ3n) is 6.53. The molecule has 0 radical (unpaired) electrons. The average molecular weight is 399 g/mol. The predicted octanol–water partition coefficient (Wildman–Crippen LogP) is 3.63. The normalized spacial score (nSPS) is 20.9. The van der Waals surface area contributed by atoms with Crippen molar-refractivity contribution >= 4 is 22.8 Å². The van der Waals surface area contributed by atoms with Crippen LogP contribution in [0.15, 0.2) is 18.2 Å². The van der Waals surface area contributed by atoms with Crippen molar-refractivity contribution in [2.45, 2.75) is 64.8 Å². The smallest absolute Gasteiger partial charge is 0.244 e. The number of likely N-dealkylation sites (tertiary alicyclic amines) is 1. The van der Waals surface area contributed by atoms with Crippen molar-refractivity contribution in [1.82, 2.24) is 20.3 Å². The summed E-state index contributed by atoms with van der Waals surface area (Å²) in [6, 6.07) is 6.05. The fourth-order valence-electron chi connectivity index (χ4n) is 4.64. The van der Waals surface area contributed by atoms with Gasteiger partial charge >= 0.3 is 0 Å². The van der Waals surface area contributed by atoms with Gasteiger partial charge in [-0.15, -0.1) is 0 Å². The molecule has 1 saturated carbocycles. The predicted molar refractivity (Wildman–Crippen MR) is 109 cm³/mol. The largest absolute Gasteiger partial charge is 0.340 e. The second-order valence-electron chi connectivity index (χ2n) is 8.91. The number of nitrogens with zero attached hydrogens (tertiary/aromatic N) is 2. The summed E-state index contributed by atoms with van der Waals surface area (Å²) in [5, 5.41) is 8.94. The number of H-pyrrole nitrogens is 1. The quantitative estimate of drug-likeness (QED) is 0.490. The SMILES string of the molecule is CCCC[C@H](CC(=O)NO)C(=O)N1CC2(CC2)C[C@H]1c1nc2ccc(C)cc2[nH]1. The number of fused-ring (bicyclic) bond motifs is 1. The van der Waals surface area contributed by atoms with E-state index in [4.69, 9.17) is 10.2 Å². The van der Waals surface area contributed by atoms with E-state index < -0.39 is 11.8 Å². The minimum Gasteiger partial charge on any atom is -0.340 e. The van der Waals surface area contributed by atoms with Crippen LogP contribution in [0.3, 0.4) is 0 Å². The molecule has 2 fully saturated rings. The fraction of sp³-hybridized carbons (Fsp3) is 0.591. The molecule has 1 aliphatic carbocycles. The molecule has 156 valence electrons. The van der Waals surface area contributed by atoms with Crippen LogP contribution in [0.25, 0.3) is 11.0 Å². The Morgan fingerprint density at radius 3 is 2.90 bits per heavy atom. The van der Waals surface area contributed by atoms with E-state index in [0.29, 0.717) is 6.42 Å². The first kappa shape index (κ1) is 19.9. The number of benzene rings is 1. The van der Waals surface area contributed by atoms with Crippen LogP contribution in [0, 0.1) is 18.3 Å². The molecule has 2 aliphatic rings. The summed E-state index contributed by atoms with van der Waals surface area (Å²) >= 11 is 0. The van der Waals surface area contributed by atoms with Gasteiger partial charge in [0, 0.05) is 18.9 Å². The lowest BCUT2D eigenvalue weighted by Gasteiger charge is -2.27. The van der Waals surface area contributed by atoms with Crippen LogP contribution in [0.4, 0.5) is 0 Å². The lowest BCUT2D eigenvalue weighted by Crippen LogP contribution is -2.38. The van der Waals surface area contributed by atoms with Gasteiger partial charge in [-0.05, 0) is 55.7 Å². The van der Waals surface area contributed by atoms with Gasteiger partial charge in [0.2, 0.25) is 11.8 Å². The number of carbonyl (C=O) groups is 2. The molecule has 1 aliphatic heterocycles. The number of imidazole rings is 1. The van der Waals surface area contributed by atoms with E-state index in [2.05, 4.69) is 24.9 Å². The highest BCUT2D eigenvalue weighted by molar-refractivity contribution is 5.86. The molecule has 2 aromatic rings. The summed E-state index contributed by atoms with van der Waals surface area (Å²) in [6.07, 6.45) is 5.71. The molecule has 1 aromatic carbocycles. The highest BCUT2D eigenvalue weighted by Crippen LogP contribution is 2.58. The van der Waals surface area contributed by atoms with Crippen LogP contribution in [0.5, 0.6) is 0 Å². The number of nitrogens with one attached hydrogen (secondary N) is 2. The van der Waals surface area contributed by atoms with Gasteiger partial charge in [0.15, 0.2) is 0 Å². The van der Waals surface area contributed by atoms with Gasteiger partial charge in [-0.2, -0.15) is 0 Å². The first-order chi connectivity index (χ1) is 13.9. The summed E-state index contributed by atoms with van der Waals surface area (Å²) < 4.78 is 0. The maximum atomic E-state index is 13.5. The zero-order valence-corrected chi connectivity index (χ0v) is 17.2. The van der Waals surface area contributed by atoms with E-state index in [1.54, 1.807) is 5.48 Å². The zero-order valence-electron chi connectivity index (χ0n) is 17.2. The van der Waals surface area contributed by atoms with Crippen molar-refractivity contribution in [2.24, 2.45) is 11.3 Å². The van der Waals surface area contributed by atoms with Gasteiger partial charge in [-0.1, -0.05) is 25.8 Å². The first-order valence-corrected chi connectivity index (χ1v) is 10.6. The molecule has 2 atom stereocenters. The number of rotatable bonds is 7. The molecule has 0 unspecified atom stereocenters. The molecule has 4 rings (SSSR count). The molecule has 1 aromatic heterocycles. The van der Waals surface area contributed by atoms with Crippen LogP contribution >= 0.6 is 0 Å². The van der Waals surface area contributed by atoms with Crippen molar-refractivity contribution in [2.75, 3.05) is 6.54 Å². The third kappa shape index (κ3) is 4.01. The lowest BCUT2D eigenvalue weighted by molar-refractivity contribution is -0.141. The molecular formula is C22H30N4O3. The summed E-state index contributed by atoms with van der Waals surface area (Å²) in [5.74, 6) is -0.0725. The maximum Gasteiger partial charge on any atom is 0.244 e. The monoisotopic (exact) mass is 398 g/mol. The maximum absolute atomic E-state index is 13.5. The standard InChI is InChI=1S/C22H30N4O3/c1-3-4-5-15(11-19(27)25-29)21(28)26-13-22(8-9-22)12-18(26)20-23-16-7-6-14(2)10-17(16)24-20/h6-7,10,15,18,29H,3-5,8-9,11-13H2,1-2H3,(H,23,24)(H,25,27)/t15-,18+/m1/s1. The summed E-state index contributed by atoms with van der Waals surface area (Å²) in [7, 11) is 0. The Labute approximate surface area is 170 Å². The van der Waals surface area contributed by atoms with Gasteiger partial charge in [-0.25, -0.2) is 10.5 Å². The molecule has 7 heteroatoms. The minimum absolute atomic E-state index is 0.00691. The number of amides is 2. The highest BCUT2D eigenvalue weighted by atomic mass is 16.5. The second-order valence-corrected chi connectivity index (χ2v) is 8.91. The van der Waals surface area contributed by atoms with Gasteiger partial charge in [0.25, 0.3) is 0 Å². The van der Waals surface area contributed by atoms with E-state index >= 15 is 0 Å². The Morgan fingerprint density at radius 1 is 1.41 bits per heavy atom. The number of aromatic nitrogens is 2. The van der Waals surface area contributed by atoms with Gasteiger partial charge in [0.1, 0.15) is 5.82 Å². The average Bonchev–Trinajstić information content (AvgIpc) is 3.16. The summed E-state index contributed by atoms with van der Waals surface area (Å²) in [6.45, 7) is 4.85. The van der Waals surface area contributed by atoms with Gasteiger partial charge < -0.3 is 9.88 Å². The van der Waals surface area contributed by atoms with E-state index in [1.807, 2.05) is 17.0 Å². The van der Waals surface area contributed by atoms with Crippen molar-refractivity contribution in [3.63, 3.8) is 0 Å². The molecule has 2 heterocycles. The Balaban J connectivity index is 1.61. The fourth-order valence-corrected chi connectivity index (χ4v) is 4.64. The molecule has 7 nitrogen and oxygen atoms in total. The van der Waals surface area contributed by atoms with Crippen LogP contribution in [0.1, 0.15) is 69.3 Å². The van der Waals surface area contributed by atoms with Crippen molar-refractivity contribution < 1.29 is 14.8 Å². The van der Waals surface area contributed by atoms with Gasteiger partial charge in [0.05, 0.1) is 17.1 Å². The van der Waals surface area contributed by atoms with Crippen molar-refractivity contribution in [1.29, 1.82) is 0 Å². The van der Waals surface area contributed by atoms with Crippen LogP contribution in [-0.4, -0.2) is 38.4 Å². The van der Waals surface area contributed by atoms with E-state index in [9.17, 15) is 9.59 Å².